The summed E-state index contributed by atoms with van der Waals surface area (Å²) in [6.07, 6.45) is 0. The van der Waals surface area contributed by atoms with Gasteiger partial charge in [0.15, 0.2) is 6.61 Å². The number of anilines is 1. The molecule has 0 unspecified atom stereocenters. The highest BCUT2D eigenvalue weighted by atomic mass is 35.5. The van der Waals surface area contributed by atoms with E-state index in [4.69, 9.17) is 16.3 Å². The van der Waals surface area contributed by atoms with Gasteiger partial charge >= 0.3 is 0 Å². The van der Waals surface area contributed by atoms with E-state index in [9.17, 15) is 9.90 Å². The Hall–Kier alpha value is -2.20. The molecule has 0 aromatic heterocycles. The number of benzene rings is 2. The number of phenolic OH excluding ortho intramolecular Hbond substituents is 1. The van der Waals surface area contributed by atoms with Gasteiger partial charge in [0.05, 0.1) is 10.7 Å². The Morgan fingerprint density at radius 3 is 2.57 bits per heavy atom. The van der Waals surface area contributed by atoms with Crippen LogP contribution in [0.2, 0.25) is 5.02 Å². The Kier molecular flexibility index (Phi) is 5.16. The van der Waals surface area contributed by atoms with Crippen molar-refractivity contribution in [1.82, 2.24) is 0 Å². The zero-order valence-electron chi connectivity index (χ0n) is 13.4. The van der Waals surface area contributed by atoms with Crippen LogP contribution >= 0.6 is 11.6 Å². The van der Waals surface area contributed by atoms with Crippen LogP contribution in [0.25, 0.3) is 0 Å². The molecule has 23 heavy (non-hydrogen) atoms. The summed E-state index contributed by atoms with van der Waals surface area (Å²) in [7, 11) is 0. The number of rotatable bonds is 4. The van der Waals surface area contributed by atoms with Crippen molar-refractivity contribution in [2.24, 2.45) is 0 Å². The molecule has 4 nitrogen and oxygen atoms in total. The summed E-state index contributed by atoms with van der Waals surface area (Å²) >= 11 is 5.97. The lowest BCUT2D eigenvalue weighted by molar-refractivity contribution is -0.118. The molecule has 0 atom stereocenters. The lowest BCUT2D eigenvalue weighted by Gasteiger charge is -2.20. The standard InChI is InChI=1S/C18H20ClNO3/c1-18(2,3)12-8-9-15(21)14(10-12)20-17(22)11-23-16-7-5-4-6-13(16)19/h4-10,21H,11H2,1-3H3,(H,20,22). The maximum absolute atomic E-state index is 12.0. The number of halogens is 1. The van der Waals surface area contributed by atoms with E-state index in [-0.39, 0.29) is 23.7 Å². The van der Waals surface area contributed by atoms with E-state index in [1.807, 2.05) is 6.07 Å². The molecule has 0 bridgehead atoms. The molecular formula is C18H20ClNO3. The van der Waals surface area contributed by atoms with E-state index in [0.29, 0.717) is 16.5 Å². The largest absolute Gasteiger partial charge is 0.506 e. The Morgan fingerprint density at radius 1 is 1.22 bits per heavy atom. The molecule has 2 aromatic rings. The van der Waals surface area contributed by atoms with Gasteiger partial charge in [-0.15, -0.1) is 0 Å². The highest BCUT2D eigenvalue weighted by molar-refractivity contribution is 6.32. The highest BCUT2D eigenvalue weighted by Crippen LogP contribution is 2.30. The number of hydrogen-bond acceptors (Lipinski definition) is 3. The van der Waals surface area contributed by atoms with Crippen molar-refractivity contribution < 1.29 is 14.6 Å². The molecule has 2 rings (SSSR count). The Balaban J connectivity index is 2.04. The van der Waals surface area contributed by atoms with Crippen LogP contribution in [0.5, 0.6) is 11.5 Å². The summed E-state index contributed by atoms with van der Waals surface area (Å²) in [5.74, 6) is 0.0901. The van der Waals surface area contributed by atoms with Gasteiger partial charge in [0.1, 0.15) is 11.5 Å². The maximum Gasteiger partial charge on any atom is 0.262 e. The number of amides is 1. The van der Waals surface area contributed by atoms with Gasteiger partial charge < -0.3 is 15.2 Å². The zero-order valence-corrected chi connectivity index (χ0v) is 14.1. The van der Waals surface area contributed by atoms with E-state index >= 15 is 0 Å². The SMILES string of the molecule is CC(C)(C)c1ccc(O)c(NC(=O)COc2ccccc2Cl)c1. The average molecular weight is 334 g/mol. The van der Waals surface area contributed by atoms with Gasteiger partial charge in [0.2, 0.25) is 0 Å². The highest BCUT2D eigenvalue weighted by Gasteiger charge is 2.16. The van der Waals surface area contributed by atoms with E-state index in [1.54, 1.807) is 36.4 Å². The Labute approximate surface area is 141 Å². The van der Waals surface area contributed by atoms with E-state index < -0.39 is 0 Å². The van der Waals surface area contributed by atoms with Crippen LogP contribution in [0.3, 0.4) is 0 Å². The van der Waals surface area contributed by atoms with Crippen molar-refractivity contribution in [1.29, 1.82) is 0 Å². The van der Waals surface area contributed by atoms with Crippen molar-refractivity contribution >= 4 is 23.2 Å². The second-order valence-electron chi connectivity index (χ2n) is 6.25. The lowest BCUT2D eigenvalue weighted by atomic mass is 9.87. The van der Waals surface area contributed by atoms with E-state index in [2.05, 4.69) is 26.1 Å². The van der Waals surface area contributed by atoms with Gasteiger partial charge in [-0.2, -0.15) is 0 Å². The minimum absolute atomic E-state index is 0.0177. The fourth-order valence-electron chi connectivity index (χ4n) is 1.99. The molecule has 1 amide bonds. The molecule has 0 fully saturated rings. The van der Waals surface area contributed by atoms with Crippen LogP contribution in [0.1, 0.15) is 26.3 Å². The molecule has 0 saturated carbocycles. The van der Waals surface area contributed by atoms with Crippen LogP contribution in [-0.4, -0.2) is 17.6 Å². The number of aromatic hydroxyl groups is 1. The maximum atomic E-state index is 12.0. The third-order valence-corrected chi connectivity index (χ3v) is 3.64. The van der Waals surface area contributed by atoms with Crippen molar-refractivity contribution in [2.45, 2.75) is 26.2 Å². The molecule has 0 aliphatic carbocycles. The van der Waals surface area contributed by atoms with Gasteiger partial charge in [-0.05, 0) is 35.2 Å². The number of phenols is 1. The number of para-hydroxylation sites is 1. The first-order chi connectivity index (χ1) is 10.8. The van der Waals surface area contributed by atoms with Gasteiger partial charge in [-0.3, -0.25) is 4.79 Å². The Morgan fingerprint density at radius 2 is 1.91 bits per heavy atom. The van der Waals surface area contributed by atoms with Crippen LogP contribution < -0.4 is 10.1 Å². The third kappa shape index (κ3) is 4.63. The second-order valence-corrected chi connectivity index (χ2v) is 6.66. The first-order valence-corrected chi connectivity index (χ1v) is 7.66. The summed E-state index contributed by atoms with van der Waals surface area (Å²) in [6, 6.07) is 12.1. The van der Waals surface area contributed by atoms with E-state index in [1.165, 1.54) is 0 Å². The van der Waals surface area contributed by atoms with Crippen molar-refractivity contribution in [3.63, 3.8) is 0 Å². The average Bonchev–Trinajstić information content (AvgIpc) is 2.47. The van der Waals surface area contributed by atoms with Gasteiger partial charge in [0, 0.05) is 0 Å². The number of ether oxygens (including phenoxy) is 1. The molecule has 0 aliphatic rings. The molecule has 122 valence electrons. The number of hydrogen-bond donors (Lipinski definition) is 2. The fraction of sp³-hybridized carbons (Fsp3) is 0.278. The van der Waals surface area contributed by atoms with E-state index in [0.717, 1.165) is 5.56 Å². The molecule has 0 heterocycles. The molecule has 0 spiro atoms. The summed E-state index contributed by atoms with van der Waals surface area (Å²) in [6.45, 7) is 5.99. The van der Waals surface area contributed by atoms with Crippen LogP contribution in [0.4, 0.5) is 5.69 Å². The number of nitrogens with one attached hydrogen (secondary N) is 1. The summed E-state index contributed by atoms with van der Waals surface area (Å²) in [4.78, 5) is 12.0. The summed E-state index contributed by atoms with van der Waals surface area (Å²) < 4.78 is 5.38. The summed E-state index contributed by atoms with van der Waals surface area (Å²) in [5, 5.41) is 13.0. The van der Waals surface area contributed by atoms with Gasteiger partial charge in [-0.1, -0.05) is 50.6 Å². The lowest BCUT2D eigenvalue weighted by Crippen LogP contribution is -2.21. The van der Waals surface area contributed by atoms with Crippen LogP contribution in [-0.2, 0) is 10.2 Å². The van der Waals surface area contributed by atoms with Crippen molar-refractivity contribution in [3.05, 3.63) is 53.1 Å². The molecule has 0 aliphatic heterocycles. The first-order valence-electron chi connectivity index (χ1n) is 7.28. The first kappa shape index (κ1) is 17.2. The monoisotopic (exact) mass is 333 g/mol. The number of carbonyl (C=O) groups is 1. The fourth-order valence-corrected chi connectivity index (χ4v) is 2.18. The smallest absolute Gasteiger partial charge is 0.262 e. The Bertz CT molecular complexity index is 708. The minimum atomic E-state index is -0.369. The van der Waals surface area contributed by atoms with Crippen molar-refractivity contribution in [3.8, 4) is 11.5 Å². The molecular weight excluding hydrogens is 314 g/mol. The molecule has 0 radical (unpaired) electrons. The topological polar surface area (TPSA) is 58.6 Å². The van der Waals surface area contributed by atoms with Crippen LogP contribution in [0, 0.1) is 0 Å². The third-order valence-electron chi connectivity index (χ3n) is 3.33. The van der Waals surface area contributed by atoms with Gasteiger partial charge in [-0.25, -0.2) is 0 Å². The second kappa shape index (κ2) is 6.92. The van der Waals surface area contributed by atoms with Gasteiger partial charge in [0.25, 0.3) is 5.91 Å². The zero-order chi connectivity index (χ0) is 17.0. The molecule has 0 saturated heterocycles. The van der Waals surface area contributed by atoms with Crippen LogP contribution in [0.15, 0.2) is 42.5 Å². The molecule has 2 N–H and O–H groups in total. The predicted octanol–water partition coefficient (Wildman–Crippen LogP) is 4.36. The quantitative estimate of drug-likeness (QED) is 0.817. The molecule has 2 aromatic carbocycles. The molecule has 5 heteroatoms. The normalized spacial score (nSPS) is 11.1. The predicted molar refractivity (Wildman–Crippen MR) is 92.4 cm³/mol. The minimum Gasteiger partial charge on any atom is -0.506 e. The number of carbonyl (C=O) groups excluding carboxylic acids is 1. The summed E-state index contributed by atoms with van der Waals surface area (Å²) in [5.41, 5.74) is 1.30. The van der Waals surface area contributed by atoms with Crippen molar-refractivity contribution in [2.75, 3.05) is 11.9 Å².